The minimum atomic E-state index is -0.226. The van der Waals surface area contributed by atoms with Gasteiger partial charge in [-0.15, -0.1) is 0 Å². The minimum absolute atomic E-state index is 0.0204. The second-order valence-electron chi connectivity index (χ2n) is 4.94. The molecule has 4 nitrogen and oxygen atoms in total. The van der Waals surface area contributed by atoms with Gasteiger partial charge in [-0.05, 0) is 49.6 Å². The Kier molecular flexibility index (Phi) is 5.17. The summed E-state index contributed by atoms with van der Waals surface area (Å²) in [6.07, 6.45) is 3.14. The number of pyridine rings is 1. The normalized spacial score (nSPS) is 11.9. The molecule has 0 radical (unpaired) electrons. The predicted octanol–water partition coefficient (Wildman–Crippen LogP) is 3.19. The first kappa shape index (κ1) is 15.3. The number of hydrogen-bond donors (Lipinski definition) is 2. The van der Waals surface area contributed by atoms with Gasteiger partial charge in [0.1, 0.15) is 11.4 Å². The van der Waals surface area contributed by atoms with Crippen molar-refractivity contribution >= 4 is 17.5 Å². The number of nitrogens with zero attached hydrogens (tertiary/aromatic N) is 1. The molecule has 0 aliphatic carbocycles. The monoisotopic (exact) mass is 304 g/mol. The topological polar surface area (TPSA) is 62.2 Å². The maximum Gasteiger partial charge on any atom is 0.270 e. The molecule has 2 aromatic rings. The Labute approximate surface area is 128 Å². The zero-order valence-corrected chi connectivity index (χ0v) is 12.5. The SMILES string of the molecule is CC(CCc1ccc(O)cc1)NC(=O)c1cc(Cl)ccn1. The first-order valence-electron chi connectivity index (χ1n) is 6.75. The second-order valence-corrected chi connectivity index (χ2v) is 5.38. The fourth-order valence-electron chi connectivity index (χ4n) is 1.94. The van der Waals surface area contributed by atoms with Gasteiger partial charge in [-0.1, -0.05) is 23.7 Å². The lowest BCUT2D eigenvalue weighted by Crippen LogP contribution is -2.33. The number of aryl methyl sites for hydroxylation is 1. The molecule has 0 saturated heterocycles. The Hall–Kier alpha value is -2.07. The molecule has 1 aromatic heterocycles. The summed E-state index contributed by atoms with van der Waals surface area (Å²) in [4.78, 5) is 16.0. The molecule has 0 bridgehead atoms. The number of phenols is 1. The number of aromatic nitrogens is 1. The number of carbonyl (C=O) groups is 1. The smallest absolute Gasteiger partial charge is 0.270 e. The summed E-state index contributed by atoms with van der Waals surface area (Å²) in [6, 6.07) is 10.3. The maximum atomic E-state index is 12.0. The summed E-state index contributed by atoms with van der Waals surface area (Å²) in [7, 11) is 0. The average molecular weight is 305 g/mol. The summed E-state index contributed by atoms with van der Waals surface area (Å²) in [5.41, 5.74) is 1.44. The van der Waals surface area contributed by atoms with E-state index in [2.05, 4.69) is 10.3 Å². The first-order valence-corrected chi connectivity index (χ1v) is 7.13. The molecule has 1 amide bonds. The van der Waals surface area contributed by atoms with Crippen molar-refractivity contribution in [3.8, 4) is 5.75 Å². The molecule has 5 heteroatoms. The molecule has 2 N–H and O–H groups in total. The van der Waals surface area contributed by atoms with Gasteiger partial charge in [0, 0.05) is 17.3 Å². The van der Waals surface area contributed by atoms with Crippen LogP contribution in [0, 0.1) is 0 Å². The zero-order chi connectivity index (χ0) is 15.2. The minimum Gasteiger partial charge on any atom is -0.508 e. The van der Waals surface area contributed by atoms with E-state index in [-0.39, 0.29) is 17.7 Å². The van der Waals surface area contributed by atoms with Gasteiger partial charge >= 0.3 is 0 Å². The van der Waals surface area contributed by atoms with Crippen LogP contribution >= 0.6 is 11.6 Å². The van der Waals surface area contributed by atoms with Gasteiger partial charge in [-0.2, -0.15) is 0 Å². The van der Waals surface area contributed by atoms with Crippen molar-refractivity contribution in [1.82, 2.24) is 10.3 Å². The van der Waals surface area contributed by atoms with E-state index in [0.29, 0.717) is 10.7 Å². The summed E-state index contributed by atoms with van der Waals surface area (Å²) in [5.74, 6) is 0.0304. The second kappa shape index (κ2) is 7.09. The van der Waals surface area contributed by atoms with Gasteiger partial charge in [0.05, 0.1) is 0 Å². The maximum absolute atomic E-state index is 12.0. The van der Waals surface area contributed by atoms with Gasteiger partial charge in [-0.3, -0.25) is 9.78 Å². The Balaban J connectivity index is 1.85. The largest absolute Gasteiger partial charge is 0.508 e. The van der Waals surface area contributed by atoms with Crippen molar-refractivity contribution in [3.63, 3.8) is 0 Å². The molecular weight excluding hydrogens is 288 g/mol. The van der Waals surface area contributed by atoms with Crippen LogP contribution in [0.25, 0.3) is 0 Å². The molecule has 1 aromatic carbocycles. The van der Waals surface area contributed by atoms with Crippen LogP contribution in [-0.2, 0) is 6.42 Å². The lowest BCUT2D eigenvalue weighted by atomic mass is 10.1. The highest BCUT2D eigenvalue weighted by Crippen LogP contribution is 2.12. The molecule has 0 saturated carbocycles. The number of halogens is 1. The molecule has 0 spiro atoms. The molecule has 1 unspecified atom stereocenters. The Morgan fingerprint density at radius 1 is 1.33 bits per heavy atom. The van der Waals surface area contributed by atoms with Crippen LogP contribution < -0.4 is 5.32 Å². The number of hydrogen-bond acceptors (Lipinski definition) is 3. The van der Waals surface area contributed by atoms with E-state index in [9.17, 15) is 9.90 Å². The van der Waals surface area contributed by atoms with E-state index >= 15 is 0 Å². The quantitative estimate of drug-likeness (QED) is 0.891. The molecule has 21 heavy (non-hydrogen) atoms. The van der Waals surface area contributed by atoms with Crippen LogP contribution in [0.2, 0.25) is 5.02 Å². The van der Waals surface area contributed by atoms with Crippen LogP contribution in [0.4, 0.5) is 0 Å². The highest BCUT2D eigenvalue weighted by atomic mass is 35.5. The molecule has 1 atom stereocenters. The standard InChI is InChI=1S/C16H17ClN2O2/c1-11(2-3-12-4-6-14(20)7-5-12)19-16(21)15-10-13(17)8-9-18-15/h4-11,20H,2-3H2,1H3,(H,19,21). The lowest BCUT2D eigenvalue weighted by Gasteiger charge is -2.13. The molecule has 1 heterocycles. The van der Waals surface area contributed by atoms with Gasteiger partial charge in [0.25, 0.3) is 5.91 Å². The van der Waals surface area contributed by atoms with E-state index in [1.165, 1.54) is 6.20 Å². The Morgan fingerprint density at radius 2 is 2.05 bits per heavy atom. The van der Waals surface area contributed by atoms with Crippen LogP contribution in [0.1, 0.15) is 29.4 Å². The van der Waals surface area contributed by atoms with E-state index in [1.54, 1.807) is 24.3 Å². The van der Waals surface area contributed by atoms with E-state index in [4.69, 9.17) is 11.6 Å². The number of nitrogens with one attached hydrogen (secondary N) is 1. The molecule has 2 rings (SSSR count). The third-order valence-corrected chi connectivity index (χ3v) is 3.37. The zero-order valence-electron chi connectivity index (χ0n) is 11.7. The highest BCUT2D eigenvalue weighted by molar-refractivity contribution is 6.30. The van der Waals surface area contributed by atoms with Crippen molar-refractivity contribution in [2.45, 2.75) is 25.8 Å². The number of carbonyl (C=O) groups excluding carboxylic acids is 1. The lowest BCUT2D eigenvalue weighted by molar-refractivity contribution is 0.0933. The van der Waals surface area contributed by atoms with Gasteiger partial charge in [-0.25, -0.2) is 0 Å². The fourth-order valence-corrected chi connectivity index (χ4v) is 2.10. The van der Waals surface area contributed by atoms with Crippen molar-refractivity contribution in [1.29, 1.82) is 0 Å². The van der Waals surface area contributed by atoms with Gasteiger partial charge < -0.3 is 10.4 Å². The predicted molar refractivity (Wildman–Crippen MR) is 82.6 cm³/mol. The van der Waals surface area contributed by atoms with Crippen LogP contribution in [0.15, 0.2) is 42.6 Å². The number of aromatic hydroxyl groups is 1. The number of phenolic OH excluding ortho intramolecular Hbond substituents is 1. The molecule has 110 valence electrons. The van der Waals surface area contributed by atoms with Gasteiger partial charge in [0.2, 0.25) is 0 Å². The van der Waals surface area contributed by atoms with Crippen LogP contribution in [0.5, 0.6) is 5.75 Å². The van der Waals surface area contributed by atoms with Crippen LogP contribution in [0.3, 0.4) is 0 Å². The highest BCUT2D eigenvalue weighted by Gasteiger charge is 2.11. The number of amides is 1. The summed E-state index contributed by atoms with van der Waals surface area (Å²) in [6.45, 7) is 1.95. The third-order valence-electron chi connectivity index (χ3n) is 3.13. The molecule has 0 aliphatic rings. The Morgan fingerprint density at radius 3 is 2.71 bits per heavy atom. The van der Waals surface area contributed by atoms with Crippen molar-refractivity contribution in [2.75, 3.05) is 0 Å². The van der Waals surface area contributed by atoms with E-state index in [0.717, 1.165) is 18.4 Å². The number of benzene rings is 1. The average Bonchev–Trinajstić information content (AvgIpc) is 2.46. The molecule has 0 aliphatic heterocycles. The van der Waals surface area contributed by atoms with E-state index < -0.39 is 0 Å². The van der Waals surface area contributed by atoms with E-state index in [1.807, 2.05) is 19.1 Å². The number of rotatable bonds is 5. The third kappa shape index (κ3) is 4.76. The van der Waals surface area contributed by atoms with Crippen molar-refractivity contribution < 1.29 is 9.90 Å². The summed E-state index contributed by atoms with van der Waals surface area (Å²) in [5, 5.41) is 12.6. The van der Waals surface area contributed by atoms with Crippen LogP contribution in [-0.4, -0.2) is 22.0 Å². The van der Waals surface area contributed by atoms with Crippen molar-refractivity contribution in [3.05, 3.63) is 58.9 Å². The summed E-state index contributed by atoms with van der Waals surface area (Å²) >= 11 is 5.84. The fraction of sp³-hybridized carbons (Fsp3) is 0.250. The molecular formula is C16H17ClN2O2. The summed E-state index contributed by atoms with van der Waals surface area (Å²) < 4.78 is 0. The van der Waals surface area contributed by atoms with Gasteiger partial charge in [0.15, 0.2) is 0 Å². The first-order chi connectivity index (χ1) is 10.0. The molecule has 0 fully saturated rings. The van der Waals surface area contributed by atoms with Crippen molar-refractivity contribution in [2.24, 2.45) is 0 Å². The Bertz CT molecular complexity index is 614.